The van der Waals surface area contributed by atoms with Crippen molar-refractivity contribution in [3.63, 3.8) is 0 Å². The molecule has 0 unspecified atom stereocenters. The first-order valence-electron chi connectivity index (χ1n) is 15.7. The lowest BCUT2D eigenvalue weighted by atomic mass is 9.84. The van der Waals surface area contributed by atoms with Crippen molar-refractivity contribution in [2.24, 2.45) is 0 Å². The standard InChI is InChI=1S/C45H30/c1-3-14-30(15-4-1)28-42-33-19-8-7-18-32(33)29-43-34-24-13-25-37(35(34)26-27-36(42)43)45-40-22-11-9-20-38(40)44(31-16-5-2-6-17-31)39-21-10-12-23-41(39)45/h1-27,29H,28H2. The smallest absolute Gasteiger partial charge is 0.00134 e. The summed E-state index contributed by atoms with van der Waals surface area (Å²) in [5.74, 6) is 0. The molecule has 0 bridgehead atoms. The molecular formula is C45H30. The van der Waals surface area contributed by atoms with Crippen molar-refractivity contribution < 1.29 is 0 Å². The van der Waals surface area contributed by atoms with Gasteiger partial charge in [-0.2, -0.15) is 0 Å². The van der Waals surface area contributed by atoms with E-state index < -0.39 is 0 Å². The minimum absolute atomic E-state index is 0.903. The van der Waals surface area contributed by atoms with Crippen molar-refractivity contribution in [2.75, 3.05) is 0 Å². The van der Waals surface area contributed by atoms with Crippen molar-refractivity contribution in [3.8, 4) is 22.3 Å². The lowest BCUT2D eigenvalue weighted by Crippen LogP contribution is -1.94. The molecule has 210 valence electrons. The fraction of sp³-hybridized carbons (Fsp3) is 0.0222. The van der Waals surface area contributed by atoms with Gasteiger partial charge in [-0.05, 0) is 99.7 Å². The Bertz CT molecular complexity index is 2480. The lowest BCUT2D eigenvalue weighted by molar-refractivity contribution is 1.23. The summed E-state index contributed by atoms with van der Waals surface area (Å²) in [6.07, 6.45) is 0.903. The topological polar surface area (TPSA) is 0 Å². The molecule has 0 N–H and O–H groups in total. The zero-order valence-corrected chi connectivity index (χ0v) is 24.9. The van der Waals surface area contributed by atoms with E-state index in [2.05, 4.69) is 170 Å². The van der Waals surface area contributed by atoms with Gasteiger partial charge in [0.2, 0.25) is 0 Å². The molecule has 0 aromatic heterocycles. The summed E-state index contributed by atoms with van der Waals surface area (Å²) in [5, 5.41) is 13.0. The van der Waals surface area contributed by atoms with Gasteiger partial charge < -0.3 is 0 Å². The zero-order chi connectivity index (χ0) is 29.7. The molecule has 0 fully saturated rings. The summed E-state index contributed by atoms with van der Waals surface area (Å²) in [4.78, 5) is 0. The van der Waals surface area contributed by atoms with E-state index >= 15 is 0 Å². The fourth-order valence-corrected chi connectivity index (χ4v) is 7.54. The second-order valence-corrected chi connectivity index (χ2v) is 12.0. The summed E-state index contributed by atoms with van der Waals surface area (Å²) in [6.45, 7) is 0. The van der Waals surface area contributed by atoms with E-state index in [-0.39, 0.29) is 0 Å². The fourth-order valence-electron chi connectivity index (χ4n) is 7.54. The molecule has 9 aromatic rings. The zero-order valence-electron chi connectivity index (χ0n) is 24.9. The molecule has 0 aliphatic carbocycles. The maximum Gasteiger partial charge on any atom is -0.00134 e. The van der Waals surface area contributed by atoms with Crippen LogP contribution >= 0.6 is 0 Å². The summed E-state index contributed by atoms with van der Waals surface area (Å²) in [6, 6.07) is 62.4. The molecule has 0 saturated carbocycles. The van der Waals surface area contributed by atoms with Crippen LogP contribution in [0.1, 0.15) is 11.1 Å². The largest absolute Gasteiger partial charge is 0.0622 e. The highest BCUT2D eigenvalue weighted by Gasteiger charge is 2.19. The Morgan fingerprint density at radius 2 is 0.844 bits per heavy atom. The first kappa shape index (κ1) is 25.7. The van der Waals surface area contributed by atoms with E-state index in [0.29, 0.717) is 0 Å². The Hall–Kier alpha value is -5.72. The molecule has 0 amide bonds. The summed E-state index contributed by atoms with van der Waals surface area (Å²) in [5.41, 5.74) is 7.85. The predicted octanol–water partition coefficient (Wildman–Crippen LogP) is 12.4. The Balaban J connectivity index is 1.37. The van der Waals surface area contributed by atoms with Crippen molar-refractivity contribution in [1.82, 2.24) is 0 Å². The summed E-state index contributed by atoms with van der Waals surface area (Å²) < 4.78 is 0. The Morgan fingerprint density at radius 3 is 1.53 bits per heavy atom. The van der Waals surface area contributed by atoms with E-state index in [0.717, 1.165) is 6.42 Å². The number of hydrogen-bond acceptors (Lipinski definition) is 0. The molecule has 45 heavy (non-hydrogen) atoms. The van der Waals surface area contributed by atoms with Gasteiger partial charge >= 0.3 is 0 Å². The Labute approximate surface area is 262 Å². The van der Waals surface area contributed by atoms with E-state index in [1.807, 2.05) is 0 Å². The third-order valence-electron chi connectivity index (χ3n) is 9.50. The van der Waals surface area contributed by atoms with E-state index in [4.69, 9.17) is 0 Å². The second kappa shape index (κ2) is 10.5. The minimum atomic E-state index is 0.903. The highest BCUT2D eigenvalue weighted by Crippen LogP contribution is 2.46. The minimum Gasteiger partial charge on any atom is -0.0622 e. The molecule has 0 nitrogen and oxygen atoms in total. The lowest BCUT2D eigenvalue weighted by Gasteiger charge is -2.19. The molecule has 9 rings (SSSR count). The van der Waals surface area contributed by atoms with E-state index in [1.165, 1.54) is 87.2 Å². The van der Waals surface area contributed by atoms with Crippen LogP contribution < -0.4 is 0 Å². The maximum absolute atomic E-state index is 2.40. The van der Waals surface area contributed by atoms with Gasteiger partial charge in [-0.15, -0.1) is 0 Å². The van der Waals surface area contributed by atoms with Gasteiger partial charge in [-0.3, -0.25) is 0 Å². The average molecular weight is 571 g/mol. The normalized spacial score (nSPS) is 11.6. The molecule has 0 spiro atoms. The van der Waals surface area contributed by atoms with Gasteiger partial charge in [0.15, 0.2) is 0 Å². The first-order valence-corrected chi connectivity index (χ1v) is 15.7. The average Bonchev–Trinajstić information content (AvgIpc) is 3.11. The third-order valence-corrected chi connectivity index (χ3v) is 9.50. The van der Waals surface area contributed by atoms with Crippen molar-refractivity contribution in [3.05, 3.63) is 181 Å². The van der Waals surface area contributed by atoms with Gasteiger partial charge in [0, 0.05) is 0 Å². The van der Waals surface area contributed by atoms with Crippen LogP contribution in [0.2, 0.25) is 0 Å². The van der Waals surface area contributed by atoms with Gasteiger partial charge in [-0.25, -0.2) is 0 Å². The van der Waals surface area contributed by atoms with Gasteiger partial charge in [0.05, 0.1) is 0 Å². The van der Waals surface area contributed by atoms with Gasteiger partial charge in [0.1, 0.15) is 0 Å². The van der Waals surface area contributed by atoms with Crippen molar-refractivity contribution >= 4 is 53.9 Å². The number of benzene rings is 9. The molecule has 0 heterocycles. The highest BCUT2D eigenvalue weighted by atomic mass is 14.2. The van der Waals surface area contributed by atoms with E-state index in [9.17, 15) is 0 Å². The Kier molecular flexibility index (Phi) is 5.99. The second-order valence-electron chi connectivity index (χ2n) is 12.0. The van der Waals surface area contributed by atoms with Crippen LogP contribution in [0.3, 0.4) is 0 Å². The van der Waals surface area contributed by atoms with Crippen LogP contribution in [-0.4, -0.2) is 0 Å². The molecule has 0 saturated heterocycles. The molecule has 0 atom stereocenters. The Morgan fingerprint density at radius 1 is 0.311 bits per heavy atom. The molecule has 0 aliphatic heterocycles. The number of fused-ring (bicyclic) bond motifs is 6. The SMILES string of the molecule is c1ccc(Cc2c3ccccc3cc3c2ccc2c(-c4c5ccccc5c(-c5ccccc5)c5ccccc45)cccc23)cc1. The number of rotatable bonds is 4. The molecule has 0 radical (unpaired) electrons. The molecule has 0 aliphatic rings. The van der Waals surface area contributed by atoms with Crippen LogP contribution in [0.25, 0.3) is 76.1 Å². The molecule has 9 aromatic carbocycles. The van der Waals surface area contributed by atoms with Crippen LogP contribution in [0.15, 0.2) is 170 Å². The molecule has 0 heteroatoms. The maximum atomic E-state index is 2.40. The van der Waals surface area contributed by atoms with Crippen LogP contribution in [0.5, 0.6) is 0 Å². The van der Waals surface area contributed by atoms with Crippen LogP contribution in [0, 0.1) is 0 Å². The highest BCUT2D eigenvalue weighted by molar-refractivity contribution is 6.25. The monoisotopic (exact) mass is 570 g/mol. The van der Waals surface area contributed by atoms with Crippen LogP contribution in [-0.2, 0) is 6.42 Å². The van der Waals surface area contributed by atoms with Crippen LogP contribution in [0.4, 0.5) is 0 Å². The summed E-state index contributed by atoms with van der Waals surface area (Å²) in [7, 11) is 0. The van der Waals surface area contributed by atoms with Crippen molar-refractivity contribution in [1.29, 1.82) is 0 Å². The third kappa shape index (κ3) is 4.14. The number of hydrogen-bond donors (Lipinski definition) is 0. The first-order chi connectivity index (χ1) is 22.3. The molecular weight excluding hydrogens is 540 g/mol. The van der Waals surface area contributed by atoms with Gasteiger partial charge in [-0.1, -0.05) is 164 Å². The quantitative estimate of drug-likeness (QED) is 0.146. The van der Waals surface area contributed by atoms with Crippen molar-refractivity contribution in [2.45, 2.75) is 6.42 Å². The van der Waals surface area contributed by atoms with Gasteiger partial charge in [0.25, 0.3) is 0 Å². The van der Waals surface area contributed by atoms with E-state index in [1.54, 1.807) is 0 Å². The predicted molar refractivity (Wildman–Crippen MR) is 194 cm³/mol. The summed E-state index contributed by atoms with van der Waals surface area (Å²) >= 11 is 0.